The van der Waals surface area contributed by atoms with Crippen LogP contribution in [-0.2, 0) is 19.1 Å². The zero-order valence-electron chi connectivity index (χ0n) is 20.9. The maximum atomic E-state index is 12.9. The van der Waals surface area contributed by atoms with Gasteiger partial charge in [-0.25, -0.2) is 4.79 Å². The highest BCUT2D eigenvalue weighted by Crippen LogP contribution is 2.35. The number of carbonyl (C=O) groups excluding carboxylic acids is 3. The van der Waals surface area contributed by atoms with Gasteiger partial charge >= 0.3 is 12.1 Å². The number of carbonyl (C=O) groups is 3. The van der Waals surface area contributed by atoms with Crippen LogP contribution in [0.2, 0.25) is 0 Å². The van der Waals surface area contributed by atoms with Crippen molar-refractivity contribution in [3.05, 3.63) is 35.9 Å². The highest BCUT2D eigenvalue weighted by Gasteiger charge is 2.34. The predicted octanol–water partition coefficient (Wildman–Crippen LogP) is 4.76. The second-order valence-corrected chi connectivity index (χ2v) is 10.4. The number of hydrogen-bond acceptors (Lipinski definition) is 5. The third kappa shape index (κ3) is 9.44. The Kier molecular flexibility index (Phi) is 9.74. The molecule has 1 saturated carbocycles. The van der Waals surface area contributed by atoms with E-state index in [1.165, 1.54) is 0 Å². The number of ether oxygens (including phenoxy) is 2. The molecule has 1 aliphatic carbocycles. The summed E-state index contributed by atoms with van der Waals surface area (Å²) in [6, 6.07) is 8.76. The van der Waals surface area contributed by atoms with E-state index < -0.39 is 23.6 Å². The Labute approximate surface area is 198 Å². The van der Waals surface area contributed by atoms with E-state index in [-0.39, 0.29) is 25.0 Å². The van der Waals surface area contributed by atoms with E-state index in [1.807, 2.05) is 30.3 Å². The van der Waals surface area contributed by atoms with Gasteiger partial charge in [0.05, 0.1) is 12.5 Å². The number of esters is 1. The first-order valence-electron chi connectivity index (χ1n) is 11.9. The molecule has 7 heteroatoms. The Morgan fingerprint density at radius 3 is 2.36 bits per heavy atom. The van der Waals surface area contributed by atoms with Gasteiger partial charge in [-0.1, -0.05) is 57.5 Å². The first kappa shape index (κ1) is 26.7. The van der Waals surface area contributed by atoms with Gasteiger partial charge in [0.2, 0.25) is 5.91 Å². The Hall–Kier alpha value is -2.57. The van der Waals surface area contributed by atoms with E-state index >= 15 is 0 Å². The fourth-order valence-electron chi connectivity index (χ4n) is 4.28. The zero-order valence-corrected chi connectivity index (χ0v) is 20.9. The van der Waals surface area contributed by atoms with Crippen molar-refractivity contribution in [1.82, 2.24) is 10.6 Å². The molecule has 4 atom stereocenters. The van der Waals surface area contributed by atoms with E-state index in [2.05, 4.69) is 31.4 Å². The van der Waals surface area contributed by atoms with Crippen LogP contribution < -0.4 is 10.6 Å². The first-order chi connectivity index (χ1) is 15.4. The molecule has 7 nitrogen and oxygen atoms in total. The fourth-order valence-corrected chi connectivity index (χ4v) is 4.28. The summed E-state index contributed by atoms with van der Waals surface area (Å²) in [5, 5.41) is 5.30. The molecule has 0 aromatic heterocycles. The second-order valence-electron chi connectivity index (χ2n) is 10.4. The lowest BCUT2D eigenvalue weighted by atomic mass is 9.75. The van der Waals surface area contributed by atoms with Gasteiger partial charge in [-0.15, -0.1) is 0 Å². The Balaban J connectivity index is 2.00. The van der Waals surface area contributed by atoms with Crippen LogP contribution in [0.4, 0.5) is 4.79 Å². The summed E-state index contributed by atoms with van der Waals surface area (Å²) in [5.41, 5.74) is 0.152. The van der Waals surface area contributed by atoms with Crippen molar-refractivity contribution in [2.24, 2.45) is 17.8 Å². The second kappa shape index (κ2) is 12.1. The lowest BCUT2D eigenvalue weighted by Gasteiger charge is -2.37. The molecule has 33 heavy (non-hydrogen) atoms. The van der Waals surface area contributed by atoms with Crippen LogP contribution in [0, 0.1) is 17.8 Å². The molecule has 0 spiro atoms. The van der Waals surface area contributed by atoms with Gasteiger partial charge in [-0.2, -0.15) is 0 Å². The summed E-state index contributed by atoms with van der Waals surface area (Å²) < 4.78 is 11.1. The molecule has 1 aromatic carbocycles. The van der Waals surface area contributed by atoms with E-state index in [1.54, 1.807) is 20.8 Å². The standard InChI is InChI=1S/C26H40N2O5/c1-17(2)20-13-12-18(3)14-22(20)32-24(30)15-21(19-10-8-7-9-11-19)28-23(29)16-27-25(31)33-26(4,5)6/h7-11,17-18,20-22H,12-16H2,1-6H3,(H,27,31)(H,28,29)/t18-,20+,21-,22-/m1/s1. The topological polar surface area (TPSA) is 93.7 Å². The molecule has 2 amide bonds. The average Bonchev–Trinajstić information content (AvgIpc) is 2.71. The number of amides is 2. The van der Waals surface area contributed by atoms with Crippen LogP contribution in [0.3, 0.4) is 0 Å². The maximum absolute atomic E-state index is 12.9. The molecule has 1 aliphatic rings. The van der Waals surface area contributed by atoms with Crippen LogP contribution in [-0.4, -0.2) is 36.2 Å². The number of rotatable bonds is 8. The molecule has 2 N–H and O–H groups in total. The van der Waals surface area contributed by atoms with Gasteiger partial charge in [0.1, 0.15) is 18.2 Å². The third-order valence-corrected chi connectivity index (χ3v) is 5.94. The quantitative estimate of drug-likeness (QED) is 0.546. The van der Waals surface area contributed by atoms with Crippen LogP contribution in [0.1, 0.15) is 78.8 Å². The molecule has 2 rings (SSSR count). The first-order valence-corrected chi connectivity index (χ1v) is 11.9. The van der Waals surface area contributed by atoms with Crippen LogP contribution in [0.15, 0.2) is 30.3 Å². The Morgan fingerprint density at radius 2 is 1.76 bits per heavy atom. The number of hydrogen-bond donors (Lipinski definition) is 2. The molecule has 0 unspecified atom stereocenters. The zero-order chi connectivity index (χ0) is 24.6. The molecule has 0 aliphatic heterocycles. The number of alkyl carbamates (subject to hydrolysis) is 1. The van der Waals surface area contributed by atoms with Crippen molar-refractivity contribution >= 4 is 18.0 Å². The van der Waals surface area contributed by atoms with Crippen LogP contribution >= 0.6 is 0 Å². The van der Waals surface area contributed by atoms with Crippen molar-refractivity contribution in [2.45, 2.75) is 85.0 Å². The molecule has 1 aromatic rings. The van der Waals surface area contributed by atoms with Gasteiger partial charge in [-0.05, 0) is 56.9 Å². The van der Waals surface area contributed by atoms with Crippen molar-refractivity contribution in [1.29, 1.82) is 0 Å². The Bertz CT molecular complexity index is 788. The molecular formula is C26H40N2O5. The molecule has 0 bridgehead atoms. The van der Waals surface area contributed by atoms with Crippen LogP contribution in [0.5, 0.6) is 0 Å². The number of benzene rings is 1. The lowest BCUT2D eigenvalue weighted by Crippen LogP contribution is -2.41. The van der Waals surface area contributed by atoms with Gasteiger partial charge in [0.15, 0.2) is 0 Å². The minimum Gasteiger partial charge on any atom is -0.462 e. The molecule has 0 saturated heterocycles. The smallest absolute Gasteiger partial charge is 0.408 e. The fraction of sp³-hybridized carbons (Fsp3) is 0.654. The van der Waals surface area contributed by atoms with Crippen molar-refractivity contribution < 1.29 is 23.9 Å². The molecule has 0 heterocycles. The molecule has 184 valence electrons. The van der Waals surface area contributed by atoms with Crippen LogP contribution in [0.25, 0.3) is 0 Å². The summed E-state index contributed by atoms with van der Waals surface area (Å²) in [6.45, 7) is 11.5. The molecule has 0 radical (unpaired) electrons. The van der Waals surface area contributed by atoms with Gasteiger partial charge in [0, 0.05) is 0 Å². The largest absolute Gasteiger partial charge is 0.462 e. The van der Waals surface area contributed by atoms with E-state index in [0.29, 0.717) is 17.8 Å². The normalized spacial score (nSPS) is 21.7. The summed E-state index contributed by atoms with van der Waals surface area (Å²) in [6.07, 6.45) is 2.35. The van der Waals surface area contributed by atoms with Gasteiger partial charge < -0.3 is 20.1 Å². The number of nitrogens with one attached hydrogen (secondary N) is 2. The van der Waals surface area contributed by atoms with Crippen molar-refractivity contribution in [2.75, 3.05) is 6.54 Å². The van der Waals surface area contributed by atoms with E-state index in [0.717, 1.165) is 24.8 Å². The summed E-state index contributed by atoms with van der Waals surface area (Å²) in [5.74, 6) is 0.594. The minimum atomic E-state index is -0.667. The lowest BCUT2D eigenvalue weighted by molar-refractivity contribution is -0.156. The van der Waals surface area contributed by atoms with Crippen molar-refractivity contribution in [3.8, 4) is 0 Å². The molecular weight excluding hydrogens is 420 g/mol. The van der Waals surface area contributed by atoms with Gasteiger partial charge in [0.25, 0.3) is 0 Å². The predicted molar refractivity (Wildman–Crippen MR) is 127 cm³/mol. The van der Waals surface area contributed by atoms with Gasteiger partial charge in [-0.3, -0.25) is 9.59 Å². The molecule has 1 fully saturated rings. The van der Waals surface area contributed by atoms with Crippen molar-refractivity contribution in [3.63, 3.8) is 0 Å². The summed E-state index contributed by atoms with van der Waals surface area (Å²) in [4.78, 5) is 37.3. The summed E-state index contributed by atoms with van der Waals surface area (Å²) >= 11 is 0. The average molecular weight is 461 g/mol. The highest BCUT2D eigenvalue weighted by molar-refractivity contribution is 5.83. The Morgan fingerprint density at radius 1 is 1.09 bits per heavy atom. The summed E-state index contributed by atoms with van der Waals surface area (Å²) in [7, 11) is 0. The highest BCUT2D eigenvalue weighted by atomic mass is 16.6. The SMILES string of the molecule is CC(C)[C@@H]1CC[C@@H](C)C[C@H]1OC(=O)C[C@@H](NC(=O)CNC(=O)OC(C)(C)C)c1ccccc1. The van der Waals surface area contributed by atoms with E-state index in [4.69, 9.17) is 9.47 Å². The minimum absolute atomic E-state index is 0.0257. The monoisotopic (exact) mass is 460 g/mol. The third-order valence-electron chi connectivity index (χ3n) is 5.94. The van der Waals surface area contributed by atoms with E-state index in [9.17, 15) is 14.4 Å². The maximum Gasteiger partial charge on any atom is 0.408 e.